The first kappa shape index (κ1) is 11.9. The van der Waals surface area contributed by atoms with Crippen molar-refractivity contribution in [2.24, 2.45) is 5.92 Å². The number of hydrogen-bond donors (Lipinski definition) is 2. The van der Waals surface area contributed by atoms with Gasteiger partial charge in [-0.05, 0) is 57.8 Å². The maximum atomic E-state index is 11.4. The number of nitrogens with zero attached hydrogens (tertiary/aromatic N) is 1. The zero-order chi connectivity index (χ0) is 11.4. The Morgan fingerprint density at radius 1 is 1.19 bits per heavy atom. The molecular formula is C12H22N2O2. The summed E-state index contributed by atoms with van der Waals surface area (Å²) in [5, 5.41) is 12.7. The quantitative estimate of drug-likeness (QED) is 0.751. The molecule has 1 atom stereocenters. The second-order valence-corrected chi connectivity index (χ2v) is 4.97. The summed E-state index contributed by atoms with van der Waals surface area (Å²) in [7, 11) is 0. The van der Waals surface area contributed by atoms with E-state index in [1.807, 2.05) is 0 Å². The van der Waals surface area contributed by atoms with E-state index in [2.05, 4.69) is 10.2 Å². The van der Waals surface area contributed by atoms with Crippen molar-refractivity contribution in [3.63, 3.8) is 0 Å². The van der Waals surface area contributed by atoms with Crippen LogP contribution in [0, 0.1) is 5.92 Å². The summed E-state index contributed by atoms with van der Waals surface area (Å²) in [4.78, 5) is 13.6. The maximum Gasteiger partial charge on any atom is 0.321 e. The zero-order valence-corrected chi connectivity index (χ0v) is 9.82. The first-order valence-corrected chi connectivity index (χ1v) is 6.46. The molecule has 1 unspecified atom stereocenters. The van der Waals surface area contributed by atoms with Crippen LogP contribution in [0.1, 0.15) is 32.1 Å². The van der Waals surface area contributed by atoms with E-state index >= 15 is 0 Å². The molecule has 2 saturated heterocycles. The molecule has 0 aromatic rings. The minimum Gasteiger partial charge on any atom is -0.480 e. The van der Waals surface area contributed by atoms with Gasteiger partial charge in [-0.25, -0.2) is 0 Å². The Morgan fingerprint density at radius 3 is 2.38 bits per heavy atom. The molecule has 0 bridgehead atoms. The predicted octanol–water partition coefficient (Wildman–Crippen LogP) is 0.925. The standard InChI is InChI=1S/C12H22N2O2/c15-12(16)11(10-4-6-13-7-5-10)14-8-2-1-3-9-14/h10-11,13H,1-9H2,(H,15,16). The molecule has 2 N–H and O–H groups in total. The number of carbonyl (C=O) groups is 1. The molecule has 0 spiro atoms. The molecule has 0 radical (unpaired) electrons. The van der Waals surface area contributed by atoms with Crippen molar-refractivity contribution in [1.29, 1.82) is 0 Å². The molecular weight excluding hydrogens is 204 g/mol. The van der Waals surface area contributed by atoms with E-state index in [0.717, 1.165) is 51.9 Å². The number of carboxylic acids is 1. The second-order valence-electron chi connectivity index (χ2n) is 4.97. The summed E-state index contributed by atoms with van der Waals surface area (Å²) in [6.45, 7) is 3.90. The van der Waals surface area contributed by atoms with Crippen LogP contribution in [-0.2, 0) is 4.79 Å². The lowest BCUT2D eigenvalue weighted by Crippen LogP contribution is -2.50. The van der Waals surface area contributed by atoms with Crippen LogP contribution in [0.2, 0.25) is 0 Å². The predicted molar refractivity (Wildman–Crippen MR) is 62.4 cm³/mol. The smallest absolute Gasteiger partial charge is 0.321 e. The molecule has 0 aliphatic carbocycles. The van der Waals surface area contributed by atoms with E-state index in [4.69, 9.17) is 0 Å². The molecule has 4 nitrogen and oxygen atoms in total. The molecule has 0 amide bonds. The molecule has 2 aliphatic heterocycles. The molecule has 4 heteroatoms. The van der Waals surface area contributed by atoms with Crippen molar-refractivity contribution in [2.45, 2.75) is 38.1 Å². The van der Waals surface area contributed by atoms with Gasteiger partial charge in [-0.2, -0.15) is 0 Å². The summed E-state index contributed by atoms with van der Waals surface area (Å²) in [6, 6.07) is -0.234. The van der Waals surface area contributed by atoms with E-state index in [-0.39, 0.29) is 6.04 Å². The SMILES string of the molecule is O=C(O)C(C1CCNCC1)N1CCCCC1. The Labute approximate surface area is 97.0 Å². The van der Waals surface area contributed by atoms with Crippen LogP contribution in [0.25, 0.3) is 0 Å². The molecule has 0 aromatic heterocycles. The van der Waals surface area contributed by atoms with Crippen LogP contribution in [0.4, 0.5) is 0 Å². The van der Waals surface area contributed by atoms with Crippen LogP contribution in [0.15, 0.2) is 0 Å². The van der Waals surface area contributed by atoms with Gasteiger partial charge in [-0.1, -0.05) is 6.42 Å². The first-order valence-electron chi connectivity index (χ1n) is 6.46. The lowest BCUT2D eigenvalue weighted by atomic mass is 9.88. The van der Waals surface area contributed by atoms with E-state index in [9.17, 15) is 9.90 Å². The van der Waals surface area contributed by atoms with Crippen LogP contribution in [-0.4, -0.2) is 48.2 Å². The van der Waals surface area contributed by atoms with Crippen LogP contribution in [0.3, 0.4) is 0 Å². The average molecular weight is 226 g/mol. The number of hydrogen-bond acceptors (Lipinski definition) is 3. The Morgan fingerprint density at radius 2 is 1.81 bits per heavy atom. The van der Waals surface area contributed by atoms with Gasteiger partial charge >= 0.3 is 5.97 Å². The van der Waals surface area contributed by atoms with Gasteiger partial charge in [0, 0.05) is 0 Å². The Kier molecular flexibility index (Phi) is 4.18. The molecule has 0 aromatic carbocycles. The highest BCUT2D eigenvalue weighted by Gasteiger charge is 2.34. The van der Waals surface area contributed by atoms with Gasteiger partial charge < -0.3 is 10.4 Å². The highest BCUT2D eigenvalue weighted by Crippen LogP contribution is 2.24. The summed E-state index contributed by atoms with van der Waals surface area (Å²) in [5.41, 5.74) is 0. The van der Waals surface area contributed by atoms with Gasteiger partial charge in [0.15, 0.2) is 0 Å². The molecule has 2 fully saturated rings. The Bertz CT molecular complexity index is 215. The molecule has 16 heavy (non-hydrogen) atoms. The molecule has 0 saturated carbocycles. The lowest BCUT2D eigenvalue weighted by Gasteiger charge is -2.38. The van der Waals surface area contributed by atoms with Crippen LogP contribution in [0.5, 0.6) is 0 Å². The van der Waals surface area contributed by atoms with Gasteiger partial charge in [-0.15, -0.1) is 0 Å². The summed E-state index contributed by atoms with van der Waals surface area (Å²) in [6.07, 6.45) is 5.60. The normalized spacial score (nSPS) is 26.5. The maximum absolute atomic E-state index is 11.4. The number of rotatable bonds is 3. The number of likely N-dealkylation sites (tertiary alicyclic amines) is 1. The molecule has 2 heterocycles. The third-order valence-corrected chi connectivity index (χ3v) is 3.87. The third-order valence-electron chi connectivity index (χ3n) is 3.87. The third kappa shape index (κ3) is 2.74. The highest BCUT2D eigenvalue weighted by atomic mass is 16.4. The summed E-state index contributed by atoms with van der Waals surface area (Å²) < 4.78 is 0. The fourth-order valence-electron chi connectivity index (χ4n) is 3.01. The van der Waals surface area contributed by atoms with E-state index in [1.54, 1.807) is 0 Å². The summed E-state index contributed by atoms with van der Waals surface area (Å²) >= 11 is 0. The molecule has 2 aliphatic rings. The van der Waals surface area contributed by atoms with Gasteiger partial charge in [0.05, 0.1) is 0 Å². The van der Waals surface area contributed by atoms with E-state index in [0.29, 0.717) is 5.92 Å². The number of aliphatic carboxylic acids is 1. The first-order chi connectivity index (χ1) is 7.79. The Balaban J connectivity index is 1.99. The van der Waals surface area contributed by atoms with Crippen molar-refractivity contribution < 1.29 is 9.90 Å². The van der Waals surface area contributed by atoms with E-state index in [1.165, 1.54) is 6.42 Å². The molecule has 2 rings (SSSR count). The largest absolute Gasteiger partial charge is 0.480 e. The number of carboxylic acid groups (broad SMARTS) is 1. The van der Waals surface area contributed by atoms with Crippen molar-refractivity contribution in [2.75, 3.05) is 26.2 Å². The van der Waals surface area contributed by atoms with E-state index < -0.39 is 5.97 Å². The van der Waals surface area contributed by atoms with Crippen molar-refractivity contribution in [3.8, 4) is 0 Å². The topological polar surface area (TPSA) is 52.6 Å². The monoisotopic (exact) mass is 226 g/mol. The van der Waals surface area contributed by atoms with Crippen molar-refractivity contribution in [3.05, 3.63) is 0 Å². The fraction of sp³-hybridized carbons (Fsp3) is 0.917. The minimum absolute atomic E-state index is 0.234. The van der Waals surface area contributed by atoms with Gasteiger partial charge in [0.2, 0.25) is 0 Å². The second kappa shape index (κ2) is 5.64. The van der Waals surface area contributed by atoms with Crippen molar-refractivity contribution >= 4 is 5.97 Å². The van der Waals surface area contributed by atoms with Gasteiger partial charge in [0.1, 0.15) is 6.04 Å². The average Bonchev–Trinajstić information content (AvgIpc) is 2.31. The van der Waals surface area contributed by atoms with Gasteiger partial charge in [0.25, 0.3) is 0 Å². The fourth-order valence-corrected chi connectivity index (χ4v) is 3.01. The van der Waals surface area contributed by atoms with Gasteiger partial charge in [-0.3, -0.25) is 9.69 Å². The lowest BCUT2D eigenvalue weighted by molar-refractivity contribution is -0.146. The molecule has 92 valence electrons. The van der Waals surface area contributed by atoms with Crippen LogP contribution < -0.4 is 5.32 Å². The van der Waals surface area contributed by atoms with Crippen LogP contribution >= 0.6 is 0 Å². The summed E-state index contributed by atoms with van der Waals surface area (Å²) in [5.74, 6) is -0.273. The minimum atomic E-state index is -0.617. The highest BCUT2D eigenvalue weighted by molar-refractivity contribution is 5.74. The Hall–Kier alpha value is -0.610. The van der Waals surface area contributed by atoms with Crippen molar-refractivity contribution in [1.82, 2.24) is 10.2 Å². The zero-order valence-electron chi connectivity index (χ0n) is 9.82. The number of nitrogens with one attached hydrogen (secondary N) is 1. The number of piperidine rings is 2.